The maximum absolute atomic E-state index is 6.67. The second-order valence-corrected chi connectivity index (χ2v) is 20.1. The van der Waals surface area contributed by atoms with Crippen molar-refractivity contribution < 1.29 is 4.42 Å². The molecule has 0 unspecified atom stereocenters. The third-order valence-corrected chi connectivity index (χ3v) is 15.5. The van der Waals surface area contributed by atoms with E-state index in [4.69, 9.17) is 4.42 Å². The van der Waals surface area contributed by atoms with Crippen molar-refractivity contribution in [2.45, 2.75) is 57.8 Å². The fraction of sp³-hybridized carbons (Fsp3) is 0.143. The van der Waals surface area contributed by atoms with Crippen LogP contribution in [-0.4, -0.2) is 0 Å². The lowest BCUT2D eigenvalue weighted by atomic mass is 9.79. The lowest BCUT2D eigenvalue weighted by molar-refractivity contribution is 0.652. The molecule has 9 aromatic carbocycles. The van der Waals surface area contributed by atoms with Gasteiger partial charge in [-0.1, -0.05) is 181 Å². The number of nitrogens with zero attached hydrogens (tertiary/aromatic N) is 1. The highest BCUT2D eigenvalue weighted by Gasteiger charge is 2.44. The predicted octanol–water partition coefficient (Wildman–Crippen LogP) is 17.3. The molecule has 0 bridgehead atoms. The minimum Gasteiger partial charge on any atom is -0.455 e. The number of hydrogen-bond donors (Lipinski definition) is 0. The summed E-state index contributed by atoms with van der Waals surface area (Å²) < 4.78 is 6.67. The maximum atomic E-state index is 6.67. The van der Waals surface area contributed by atoms with Crippen molar-refractivity contribution in [3.63, 3.8) is 0 Å². The number of para-hydroxylation sites is 2. The molecule has 13 rings (SSSR count). The first kappa shape index (κ1) is 38.1. The Morgan fingerprint density at radius 3 is 1.65 bits per heavy atom. The summed E-state index contributed by atoms with van der Waals surface area (Å²) in [7, 11) is 0. The van der Waals surface area contributed by atoms with Gasteiger partial charge in [0, 0.05) is 49.5 Å². The van der Waals surface area contributed by atoms with Gasteiger partial charge in [0.2, 0.25) is 0 Å². The van der Waals surface area contributed by atoms with Gasteiger partial charge in [-0.25, -0.2) is 0 Å². The minimum absolute atomic E-state index is 0.131. The molecule has 0 saturated carbocycles. The number of hydrogen-bond acceptors (Lipinski definition) is 2. The SMILES string of the molecule is CC1(C)c2ccccc2-c2ccc(N(c3ccc(-c4ccccc4)cc3)c3cccc4c3-c3cc5c(cc3C4(C)C)-c3c(-c4cccc6c4oc4ccccc46)cccc3C5(C)C)cc21. The molecule has 0 aliphatic heterocycles. The molecule has 0 fully saturated rings. The van der Waals surface area contributed by atoms with Crippen molar-refractivity contribution in [2.75, 3.05) is 4.90 Å². The summed E-state index contributed by atoms with van der Waals surface area (Å²) in [5, 5.41) is 2.31. The first-order chi connectivity index (χ1) is 31.5. The molecule has 0 atom stereocenters. The van der Waals surface area contributed by atoms with Gasteiger partial charge in [0.25, 0.3) is 0 Å². The highest BCUT2D eigenvalue weighted by molar-refractivity contribution is 6.11. The number of rotatable bonds is 5. The van der Waals surface area contributed by atoms with Crippen LogP contribution in [0.3, 0.4) is 0 Å². The van der Waals surface area contributed by atoms with E-state index in [0.29, 0.717) is 0 Å². The zero-order chi connectivity index (χ0) is 44.0. The first-order valence-electron chi connectivity index (χ1n) is 23.1. The quantitative estimate of drug-likeness (QED) is 0.172. The summed E-state index contributed by atoms with van der Waals surface area (Å²) >= 11 is 0. The third kappa shape index (κ3) is 5.23. The summed E-state index contributed by atoms with van der Waals surface area (Å²) in [5.74, 6) is 0. The van der Waals surface area contributed by atoms with E-state index in [1.54, 1.807) is 0 Å². The molecule has 2 heteroatoms. The predicted molar refractivity (Wildman–Crippen MR) is 272 cm³/mol. The van der Waals surface area contributed by atoms with Gasteiger partial charge in [0.15, 0.2) is 0 Å². The second kappa shape index (κ2) is 13.3. The molecular weight excluding hydrogens is 787 g/mol. The van der Waals surface area contributed by atoms with Crippen LogP contribution in [0.4, 0.5) is 17.1 Å². The van der Waals surface area contributed by atoms with E-state index < -0.39 is 0 Å². The van der Waals surface area contributed by atoms with Gasteiger partial charge in [0.1, 0.15) is 11.2 Å². The molecule has 2 nitrogen and oxygen atoms in total. The smallest absolute Gasteiger partial charge is 0.143 e. The van der Waals surface area contributed by atoms with E-state index in [9.17, 15) is 0 Å². The normalized spacial score (nSPS) is 15.3. The lowest BCUT2D eigenvalue weighted by Gasteiger charge is -2.30. The van der Waals surface area contributed by atoms with Gasteiger partial charge in [-0.15, -0.1) is 0 Å². The van der Waals surface area contributed by atoms with Crippen molar-refractivity contribution in [1.29, 1.82) is 0 Å². The van der Waals surface area contributed by atoms with Gasteiger partial charge in [-0.05, 0) is 126 Å². The number of benzene rings is 9. The van der Waals surface area contributed by atoms with Crippen LogP contribution < -0.4 is 4.90 Å². The monoisotopic (exact) mass is 835 g/mol. The molecule has 1 heterocycles. The van der Waals surface area contributed by atoms with Gasteiger partial charge in [-0.3, -0.25) is 0 Å². The zero-order valence-electron chi connectivity index (χ0n) is 37.8. The van der Waals surface area contributed by atoms with Gasteiger partial charge < -0.3 is 9.32 Å². The number of anilines is 3. The van der Waals surface area contributed by atoms with E-state index in [1.807, 2.05) is 0 Å². The van der Waals surface area contributed by atoms with Crippen molar-refractivity contribution in [3.8, 4) is 55.6 Å². The number of fused-ring (bicyclic) bond motifs is 12. The van der Waals surface area contributed by atoms with E-state index >= 15 is 0 Å². The van der Waals surface area contributed by atoms with E-state index in [1.165, 1.54) is 89.1 Å². The first-order valence-corrected chi connectivity index (χ1v) is 23.1. The summed E-state index contributed by atoms with van der Waals surface area (Å²) in [6, 6.07) is 70.0. The molecule has 10 aromatic rings. The lowest BCUT2D eigenvalue weighted by Crippen LogP contribution is -2.17. The summed E-state index contributed by atoms with van der Waals surface area (Å²) in [6.07, 6.45) is 0. The standard InChI is InChI=1S/C63H49NO/c1-61(2)50-24-12-10-19-42(50)43-34-33-41(35-53(43)61)64(40-31-29-39(30-32-40)38-17-8-7-9-18-38)56-27-16-26-52-59(56)49-37-54-48(36-55(49)63(52,5)6)58-45(21-15-25-51(58)62(54,3)4)47-23-14-22-46-44-20-11-13-28-57(44)65-60(46)47/h7-37H,1-6H3. The van der Waals surface area contributed by atoms with E-state index in [-0.39, 0.29) is 16.2 Å². The molecule has 3 aliphatic rings. The Balaban J connectivity index is 1.02. The molecule has 0 amide bonds. The van der Waals surface area contributed by atoms with Crippen molar-refractivity contribution in [2.24, 2.45) is 0 Å². The maximum Gasteiger partial charge on any atom is 0.143 e. The molecule has 0 saturated heterocycles. The topological polar surface area (TPSA) is 16.4 Å². The van der Waals surface area contributed by atoms with Gasteiger partial charge >= 0.3 is 0 Å². The van der Waals surface area contributed by atoms with Crippen LogP contribution in [0.2, 0.25) is 0 Å². The Bertz CT molecular complexity index is 3620. The van der Waals surface area contributed by atoms with Crippen LogP contribution in [0, 0.1) is 0 Å². The summed E-state index contributed by atoms with van der Waals surface area (Å²) in [4.78, 5) is 2.53. The Morgan fingerprint density at radius 2 is 0.862 bits per heavy atom. The molecule has 0 N–H and O–H groups in total. The molecule has 65 heavy (non-hydrogen) atoms. The molecule has 0 radical (unpaired) electrons. The summed E-state index contributed by atoms with van der Waals surface area (Å²) in [6.45, 7) is 14.4. The number of furan rings is 1. The van der Waals surface area contributed by atoms with Crippen molar-refractivity contribution in [1.82, 2.24) is 0 Å². The van der Waals surface area contributed by atoms with E-state index in [2.05, 4.69) is 234 Å². The highest BCUT2D eigenvalue weighted by atomic mass is 16.3. The molecule has 1 aromatic heterocycles. The zero-order valence-corrected chi connectivity index (χ0v) is 37.8. The van der Waals surface area contributed by atoms with Crippen LogP contribution in [0.1, 0.15) is 74.9 Å². The average Bonchev–Trinajstić information content (AvgIpc) is 3.98. The Morgan fingerprint density at radius 1 is 0.338 bits per heavy atom. The van der Waals surface area contributed by atoms with Gasteiger partial charge in [-0.2, -0.15) is 0 Å². The largest absolute Gasteiger partial charge is 0.455 e. The molecule has 0 spiro atoms. The van der Waals surface area contributed by atoms with Crippen LogP contribution in [0.25, 0.3) is 77.6 Å². The third-order valence-electron chi connectivity index (χ3n) is 15.5. The summed E-state index contributed by atoms with van der Waals surface area (Å²) in [5.41, 5.74) is 25.7. The Hall–Kier alpha value is -7.42. The Labute approximate surface area is 381 Å². The molecule has 3 aliphatic carbocycles. The second-order valence-electron chi connectivity index (χ2n) is 20.1. The van der Waals surface area contributed by atoms with Crippen molar-refractivity contribution >= 4 is 39.0 Å². The minimum atomic E-state index is -0.249. The molecule has 312 valence electrons. The fourth-order valence-electron chi connectivity index (χ4n) is 12.1. The van der Waals surface area contributed by atoms with E-state index in [0.717, 1.165) is 38.9 Å². The van der Waals surface area contributed by atoms with Gasteiger partial charge in [0.05, 0.1) is 5.69 Å². The van der Waals surface area contributed by atoms with Crippen LogP contribution in [0.5, 0.6) is 0 Å². The highest BCUT2D eigenvalue weighted by Crippen LogP contribution is 2.61. The molecular formula is C63H49NO. The average molecular weight is 836 g/mol. The Kier molecular flexibility index (Phi) is 7.80. The van der Waals surface area contributed by atoms with Crippen LogP contribution >= 0.6 is 0 Å². The fourth-order valence-corrected chi connectivity index (χ4v) is 12.1. The van der Waals surface area contributed by atoms with Crippen molar-refractivity contribution in [3.05, 3.63) is 221 Å². The van der Waals surface area contributed by atoms with Crippen LogP contribution in [0.15, 0.2) is 192 Å². The van der Waals surface area contributed by atoms with Crippen LogP contribution in [-0.2, 0) is 16.2 Å².